The Hall–Kier alpha value is -0.840. The molecule has 1 aromatic heterocycles. The van der Waals surface area contributed by atoms with Crippen LogP contribution in [0.5, 0.6) is 0 Å². The van der Waals surface area contributed by atoms with Gasteiger partial charge in [-0.15, -0.1) is 0 Å². The van der Waals surface area contributed by atoms with Crippen molar-refractivity contribution in [2.75, 3.05) is 31.6 Å². The number of aliphatic hydroxyl groups is 1. The van der Waals surface area contributed by atoms with Crippen LogP contribution in [0.1, 0.15) is 12.5 Å². The van der Waals surface area contributed by atoms with E-state index in [4.69, 9.17) is 16.7 Å². The van der Waals surface area contributed by atoms with Gasteiger partial charge in [-0.1, -0.05) is 11.6 Å². The molecule has 0 aliphatic carbocycles. The van der Waals surface area contributed by atoms with Crippen LogP contribution in [0.2, 0.25) is 5.02 Å². The Balaban J connectivity index is 2.17. The Morgan fingerprint density at radius 1 is 1.53 bits per heavy atom. The predicted molar refractivity (Wildman–Crippen MR) is 69.5 cm³/mol. The van der Waals surface area contributed by atoms with Gasteiger partial charge < -0.3 is 14.9 Å². The maximum atomic E-state index is 9.02. The van der Waals surface area contributed by atoms with Crippen molar-refractivity contribution in [3.8, 4) is 0 Å². The molecule has 1 aliphatic rings. The van der Waals surface area contributed by atoms with Crippen LogP contribution in [0.25, 0.3) is 0 Å². The summed E-state index contributed by atoms with van der Waals surface area (Å²) in [5.41, 5.74) is 0.751. The van der Waals surface area contributed by atoms with Gasteiger partial charge in [0.15, 0.2) is 0 Å². The molecular formula is C12H18ClN3O. The van der Waals surface area contributed by atoms with Gasteiger partial charge in [-0.3, -0.25) is 0 Å². The van der Waals surface area contributed by atoms with E-state index in [-0.39, 0.29) is 6.61 Å². The number of pyridine rings is 1. The van der Waals surface area contributed by atoms with Crippen LogP contribution in [-0.2, 0) is 6.61 Å². The highest BCUT2D eigenvalue weighted by atomic mass is 35.5. The van der Waals surface area contributed by atoms with E-state index in [1.807, 2.05) is 0 Å². The Labute approximate surface area is 107 Å². The standard InChI is InChI=1S/C12H18ClN3O/c1-9-7-16(4-3-15(9)2)12-11(13)5-10(8-17)6-14-12/h5-6,9,17H,3-4,7-8H2,1-2H3. The van der Waals surface area contributed by atoms with Gasteiger partial charge >= 0.3 is 0 Å². The van der Waals surface area contributed by atoms with Gasteiger partial charge in [-0.25, -0.2) is 4.98 Å². The third-order valence-electron chi connectivity index (χ3n) is 3.32. The maximum absolute atomic E-state index is 9.02. The molecule has 1 aliphatic heterocycles. The highest BCUT2D eigenvalue weighted by molar-refractivity contribution is 6.33. The fraction of sp³-hybridized carbons (Fsp3) is 0.583. The Kier molecular flexibility index (Phi) is 3.86. The van der Waals surface area contributed by atoms with Crippen LogP contribution in [0.3, 0.4) is 0 Å². The van der Waals surface area contributed by atoms with E-state index in [0.717, 1.165) is 31.0 Å². The van der Waals surface area contributed by atoms with Crippen molar-refractivity contribution >= 4 is 17.4 Å². The first kappa shape index (κ1) is 12.6. The number of hydrogen-bond donors (Lipinski definition) is 1. The van der Waals surface area contributed by atoms with Crippen molar-refractivity contribution in [1.82, 2.24) is 9.88 Å². The van der Waals surface area contributed by atoms with E-state index in [1.165, 1.54) is 0 Å². The third kappa shape index (κ3) is 2.70. The Bertz CT molecular complexity index is 399. The van der Waals surface area contributed by atoms with Crippen molar-refractivity contribution < 1.29 is 5.11 Å². The molecule has 5 heteroatoms. The molecule has 0 spiro atoms. The first-order valence-corrected chi connectivity index (χ1v) is 6.20. The fourth-order valence-electron chi connectivity index (χ4n) is 2.03. The van der Waals surface area contributed by atoms with Gasteiger partial charge in [-0.2, -0.15) is 0 Å². The Morgan fingerprint density at radius 3 is 2.88 bits per heavy atom. The zero-order valence-electron chi connectivity index (χ0n) is 10.2. The first-order valence-electron chi connectivity index (χ1n) is 5.82. The lowest BCUT2D eigenvalue weighted by Crippen LogP contribution is -2.50. The molecule has 2 rings (SSSR count). The summed E-state index contributed by atoms with van der Waals surface area (Å²) in [4.78, 5) is 8.88. The van der Waals surface area contributed by atoms with E-state index in [0.29, 0.717) is 11.1 Å². The SMILES string of the molecule is CC1CN(c2ncc(CO)cc2Cl)CCN1C. The van der Waals surface area contributed by atoms with Gasteiger partial charge in [0.1, 0.15) is 5.82 Å². The number of likely N-dealkylation sites (N-methyl/N-ethyl adjacent to an activating group) is 1. The van der Waals surface area contributed by atoms with Gasteiger partial charge in [0.2, 0.25) is 0 Å². The molecule has 1 atom stereocenters. The van der Waals surface area contributed by atoms with Gasteiger partial charge in [0.25, 0.3) is 0 Å². The number of nitrogens with zero attached hydrogens (tertiary/aromatic N) is 3. The number of aliphatic hydroxyl groups excluding tert-OH is 1. The highest BCUT2D eigenvalue weighted by Gasteiger charge is 2.23. The summed E-state index contributed by atoms with van der Waals surface area (Å²) in [5, 5.41) is 9.64. The van der Waals surface area contributed by atoms with E-state index >= 15 is 0 Å². The molecule has 1 saturated heterocycles. The zero-order valence-corrected chi connectivity index (χ0v) is 11.0. The van der Waals surface area contributed by atoms with Gasteiger partial charge in [-0.05, 0) is 25.6 Å². The molecule has 1 fully saturated rings. The van der Waals surface area contributed by atoms with Crippen LogP contribution in [-0.4, -0.2) is 47.7 Å². The number of rotatable bonds is 2. The summed E-state index contributed by atoms with van der Waals surface area (Å²) in [6.07, 6.45) is 1.68. The minimum absolute atomic E-state index is 0.0217. The topological polar surface area (TPSA) is 39.6 Å². The molecule has 1 aromatic rings. The number of piperazine rings is 1. The second kappa shape index (κ2) is 5.21. The van der Waals surface area contributed by atoms with Crippen LogP contribution in [0.15, 0.2) is 12.3 Å². The molecule has 94 valence electrons. The van der Waals surface area contributed by atoms with Crippen molar-refractivity contribution in [3.05, 3.63) is 22.8 Å². The van der Waals surface area contributed by atoms with Crippen molar-refractivity contribution in [1.29, 1.82) is 0 Å². The van der Waals surface area contributed by atoms with Crippen LogP contribution >= 0.6 is 11.6 Å². The summed E-state index contributed by atoms with van der Waals surface area (Å²) < 4.78 is 0. The van der Waals surface area contributed by atoms with Gasteiger partial charge in [0.05, 0.1) is 11.6 Å². The molecular weight excluding hydrogens is 238 g/mol. The van der Waals surface area contributed by atoms with E-state index < -0.39 is 0 Å². The summed E-state index contributed by atoms with van der Waals surface area (Å²) in [6, 6.07) is 2.28. The van der Waals surface area contributed by atoms with Crippen molar-refractivity contribution in [2.45, 2.75) is 19.6 Å². The lowest BCUT2D eigenvalue weighted by Gasteiger charge is -2.38. The minimum atomic E-state index is -0.0217. The largest absolute Gasteiger partial charge is 0.392 e. The van der Waals surface area contributed by atoms with E-state index in [9.17, 15) is 0 Å². The summed E-state index contributed by atoms with van der Waals surface area (Å²) in [7, 11) is 2.13. The smallest absolute Gasteiger partial charge is 0.147 e. The lowest BCUT2D eigenvalue weighted by atomic mass is 10.2. The average Bonchev–Trinajstić information content (AvgIpc) is 2.32. The number of anilines is 1. The van der Waals surface area contributed by atoms with Gasteiger partial charge in [0, 0.05) is 31.9 Å². The normalized spacial score (nSPS) is 21.9. The maximum Gasteiger partial charge on any atom is 0.147 e. The molecule has 2 heterocycles. The summed E-state index contributed by atoms with van der Waals surface area (Å²) >= 11 is 6.20. The summed E-state index contributed by atoms with van der Waals surface area (Å²) in [6.45, 7) is 5.06. The van der Waals surface area contributed by atoms with E-state index in [1.54, 1.807) is 12.3 Å². The second-order valence-electron chi connectivity index (χ2n) is 4.58. The molecule has 0 bridgehead atoms. The summed E-state index contributed by atoms with van der Waals surface area (Å²) in [5.74, 6) is 0.823. The van der Waals surface area contributed by atoms with Crippen molar-refractivity contribution in [3.63, 3.8) is 0 Å². The molecule has 0 saturated carbocycles. The molecule has 17 heavy (non-hydrogen) atoms. The third-order valence-corrected chi connectivity index (χ3v) is 3.60. The van der Waals surface area contributed by atoms with Crippen LogP contribution in [0, 0.1) is 0 Å². The second-order valence-corrected chi connectivity index (χ2v) is 4.99. The highest BCUT2D eigenvalue weighted by Crippen LogP contribution is 2.25. The molecule has 0 aromatic carbocycles. The number of hydrogen-bond acceptors (Lipinski definition) is 4. The Morgan fingerprint density at radius 2 is 2.29 bits per heavy atom. The van der Waals surface area contributed by atoms with Crippen LogP contribution in [0.4, 0.5) is 5.82 Å². The average molecular weight is 256 g/mol. The molecule has 1 unspecified atom stereocenters. The van der Waals surface area contributed by atoms with E-state index in [2.05, 4.69) is 28.8 Å². The molecule has 0 amide bonds. The van der Waals surface area contributed by atoms with Crippen LogP contribution < -0.4 is 4.90 Å². The monoisotopic (exact) mass is 255 g/mol. The fourth-order valence-corrected chi connectivity index (χ4v) is 2.34. The molecule has 4 nitrogen and oxygen atoms in total. The quantitative estimate of drug-likeness (QED) is 0.867. The number of halogens is 1. The molecule has 0 radical (unpaired) electrons. The zero-order chi connectivity index (χ0) is 12.4. The number of aromatic nitrogens is 1. The first-order chi connectivity index (χ1) is 8.11. The minimum Gasteiger partial charge on any atom is -0.392 e. The van der Waals surface area contributed by atoms with Crippen molar-refractivity contribution in [2.24, 2.45) is 0 Å². The molecule has 1 N–H and O–H groups in total. The lowest BCUT2D eigenvalue weighted by molar-refractivity contribution is 0.233. The predicted octanol–water partition coefficient (Wildman–Crippen LogP) is 1.37.